The number of nitrogens with zero attached hydrogens (tertiary/aromatic N) is 2. The SMILES string of the molecule is C[Si]1(C)O[Si](Cl)(Cl)O[Si]2(O1)N([Si](C)(C)C)[Si](C)(C)N2[Si](C)(C)C. The van der Waals surface area contributed by atoms with Gasteiger partial charge >= 0.3 is 24.6 Å². The highest BCUT2D eigenvalue weighted by Gasteiger charge is 2.80. The summed E-state index contributed by atoms with van der Waals surface area (Å²) in [6, 6.07) is 0. The molecule has 0 aliphatic carbocycles. The molecule has 136 valence electrons. The Morgan fingerprint density at radius 2 is 1.09 bits per heavy atom. The Morgan fingerprint density at radius 1 is 0.696 bits per heavy atom. The Morgan fingerprint density at radius 3 is 1.39 bits per heavy atom. The molecule has 2 saturated heterocycles. The normalized spacial score (nSPS) is 30.3. The van der Waals surface area contributed by atoms with Gasteiger partial charge in [0.25, 0.3) is 0 Å². The summed E-state index contributed by atoms with van der Waals surface area (Å²) in [6.07, 6.45) is 0. The molecular weight excluding hydrogens is 436 g/mol. The highest BCUT2D eigenvalue weighted by Crippen LogP contribution is 2.52. The van der Waals surface area contributed by atoms with E-state index in [0.29, 0.717) is 0 Å². The molecule has 0 amide bonds. The van der Waals surface area contributed by atoms with Crippen LogP contribution in [0.15, 0.2) is 0 Å². The minimum atomic E-state index is -3.21. The summed E-state index contributed by atoms with van der Waals surface area (Å²) in [4.78, 5) is 0. The Hall–Kier alpha value is 1.68. The van der Waals surface area contributed by atoms with Crippen LogP contribution in [0.1, 0.15) is 0 Å². The molecule has 0 atom stereocenters. The first kappa shape index (κ1) is 21.0. The van der Waals surface area contributed by atoms with Crippen LogP contribution in [0, 0.1) is 0 Å². The van der Waals surface area contributed by atoms with Crippen LogP contribution in [-0.2, 0) is 12.3 Å². The van der Waals surface area contributed by atoms with Crippen LogP contribution in [0.25, 0.3) is 0 Å². The van der Waals surface area contributed by atoms with Crippen molar-refractivity contribution in [1.82, 2.24) is 7.79 Å². The molecular formula is C10H30Cl2N2O3Si6. The van der Waals surface area contributed by atoms with Gasteiger partial charge in [-0.25, -0.2) is 0 Å². The molecule has 0 aromatic heterocycles. The molecule has 2 fully saturated rings. The van der Waals surface area contributed by atoms with Gasteiger partial charge in [0.1, 0.15) is 16.5 Å². The fourth-order valence-electron chi connectivity index (χ4n) is 4.34. The van der Waals surface area contributed by atoms with Gasteiger partial charge in [0.15, 0.2) is 8.40 Å². The highest BCUT2D eigenvalue weighted by molar-refractivity contribution is 7.43. The number of hydrogen-bond acceptors (Lipinski definition) is 5. The maximum atomic E-state index is 6.70. The molecule has 0 aromatic carbocycles. The van der Waals surface area contributed by atoms with E-state index in [-0.39, 0.29) is 0 Å². The van der Waals surface area contributed by atoms with E-state index in [2.05, 4.69) is 60.2 Å². The van der Waals surface area contributed by atoms with Crippen molar-refractivity contribution in [2.24, 2.45) is 0 Å². The molecule has 13 heteroatoms. The molecule has 0 saturated carbocycles. The van der Waals surface area contributed by atoms with E-state index in [9.17, 15) is 0 Å². The van der Waals surface area contributed by atoms with E-state index < -0.39 is 49.5 Å². The molecule has 2 aliphatic rings. The van der Waals surface area contributed by atoms with Crippen LogP contribution in [-0.4, -0.2) is 57.3 Å². The molecule has 2 heterocycles. The molecule has 0 radical (unpaired) electrons. The standard InChI is InChI=1S/C10H30Cl2N2O3Si6/c1-18(2,3)13-20(7,8)14(19(4,5)6)23(13)16-21(9,10)15-22(11,12)17-23/h1-10H3. The van der Waals surface area contributed by atoms with Gasteiger partial charge in [-0.15, -0.1) is 0 Å². The van der Waals surface area contributed by atoms with Crippen molar-refractivity contribution in [2.45, 2.75) is 65.5 Å². The molecule has 0 aromatic rings. The zero-order chi connectivity index (χ0) is 18.3. The fraction of sp³-hybridized carbons (Fsp3) is 1.00. The summed E-state index contributed by atoms with van der Waals surface area (Å²) < 4.78 is 24.3. The minimum absolute atomic E-state index is 1.66. The van der Waals surface area contributed by atoms with Crippen LogP contribution < -0.4 is 0 Å². The summed E-state index contributed by atoms with van der Waals surface area (Å²) in [7, 11) is -13.5. The van der Waals surface area contributed by atoms with Gasteiger partial charge in [-0.1, -0.05) is 61.4 Å². The van der Waals surface area contributed by atoms with Crippen molar-refractivity contribution < 1.29 is 12.3 Å². The Kier molecular flexibility index (Phi) is 5.10. The Bertz CT molecular complexity index is 459. The van der Waals surface area contributed by atoms with Crippen molar-refractivity contribution in [1.29, 1.82) is 0 Å². The zero-order valence-corrected chi connectivity index (χ0v) is 23.4. The van der Waals surface area contributed by atoms with E-state index in [1.54, 1.807) is 0 Å². The lowest BCUT2D eigenvalue weighted by molar-refractivity contribution is 0.178. The van der Waals surface area contributed by atoms with Gasteiger partial charge in [0.2, 0.25) is 0 Å². The van der Waals surface area contributed by atoms with Gasteiger partial charge in [0, 0.05) is 0 Å². The Balaban J connectivity index is 2.62. The zero-order valence-electron chi connectivity index (χ0n) is 15.9. The Labute approximate surface area is 156 Å². The van der Waals surface area contributed by atoms with Crippen molar-refractivity contribution in [2.75, 3.05) is 0 Å². The summed E-state index contributed by atoms with van der Waals surface area (Å²) in [5, 5.41) is 0. The van der Waals surface area contributed by atoms with Crippen LogP contribution in [0.5, 0.6) is 0 Å². The van der Waals surface area contributed by atoms with Crippen LogP contribution in [0.2, 0.25) is 65.5 Å². The molecule has 23 heavy (non-hydrogen) atoms. The molecule has 0 unspecified atom stereocenters. The lowest BCUT2D eigenvalue weighted by Crippen LogP contribution is -3.02. The third-order valence-electron chi connectivity index (χ3n) is 4.00. The fourth-order valence-corrected chi connectivity index (χ4v) is 51.3. The van der Waals surface area contributed by atoms with E-state index >= 15 is 0 Å². The minimum Gasteiger partial charge on any atom is -0.392 e. The largest absolute Gasteiger partial charge is 0.535 e. The number of hydrogen-bond donors (Lipinski definition) is 0. The molecule has 2 aliphatic heterocycles. The second kappa shape index (κ2) is 5.59. The first-order valence-corrected chi connectivity index (χ1v) is 26.1. The lowest BCUT2D eigenvalue weighted by atomic mass is 11.8. The van der Waals surface area contributed by atoms with Gasteiger partial charge in [-0.3, -0.25) is 0 Å². The first-order valence-electron chi connectivity index (χ1n) is 7.94. The topological polar surface area (TPSA) is 34.2 Å². The summed E-state index contributed by atoms with van der Waals surface area (Å²) in [6.45, 7) is 23.1. The second-order valence-corrected chi connectivity index (χ2v) is 37.1. The number of rotatable bonds is 2. The average Bonchev–Trinajstić information content (AvgIpc) is 2.00. The molecule has 5 nitrogen and oxygen atoms in total. The van der Waals surface area contributed by atoms with Crippen molar-refractivity contribution >= 4 is 71.7 Å². The summed E-state index contributed by atoms with van der Waals surface area (Å²) in [5.74, 6) is 0. The maximum absolute atomic E-state index is 6.70. The third kappa shape index (κ3) is 3.59. The van der Waals surface area contributed by atoms with Gasteiger partial charge < -0.3 is 20.1 Å². The van der Waals surface area contributed by atoms with E-state index in [1.807, 2.05) is 13.1 Å². The quantitative estimate of drug-likeness (QED) is 0.453. The summed E-state index contributed by atoms with van der Waals surface area (Å²) in [5.41, 5.74) is 0. The van der Waals surface area contributed by atoms with Crippen molar-refractivity contribution in [3.05, 3.63) is 0 Å². The summed E-state index contributed by atoms with van der Waals surface area (Å²) >= 11 is 13.0. The van der Waals surface area contributed by atoms with E-state index in [0.717, 1.165) is 0 Å². The maximum Gasteiger partial charge on any atom is 0.535 e. The van der Waals surface area contributed by atoms with Crippen molar-refractivity contribution in [3.8, 4) is 0 Å². The van der Waals surface area contributed by atoms with Gasteiger partial charge in [-0.05, 0) is 26.2 Å². The molecule has 2 rings (SSSR count). The number of halogens is 2. The van der Waals surface area contributed by atoms with Crippen molar-refractivity contribution in [3.63, 3.8) is 0 Å². The van der Waals surface area contributed by atoms with Crippen LogP contribution in [0.4, 0.5) is 0 Å². The monoisotopic (exact) mass is 464 g/mol. The van der Waals surface area contributed by atoms with Gasteiger partial charge in [-0.2, -0.15) is 0 Å². The lowest BCUT2D eigenvalue weighted by Gasteiger charge is -2.75. The molecule has 0 bridgehead atoms. The molecule has 1 spiro atoms. The smallest absolute Gasteiger partial charge is 0.392 e. The van der Waals surface area contributed by atoms with Gasteiger partial charge in [0.05, 0.1) is 0 Å². The molecule has 0 N–H and O–H groups in total. The highest BCUT2D eigenvalue weighted by atomic mass is 35.7. The predicted octanol–water partition coefficient (Wildman–Crippen LogP) is 4.09. The van der Waals surface area contributed by atoms with E-state index in [4.69, 9.17) is 34.5 Å². The third-order valence-corrected chi connectivity index (χ3v) is 38.7. The van der Waals surface area contributed by atoms with E-state index in [1.165, 1.54) is 0 Å². The van der Waals surface area contributed by atoms with Crippen LogP contribution in [0.3, 0.4) is 0 Å². The van der Waals surface area contributed by atoms with Crippen LogP contribution >= 0.6 is 22.2 Å². The first-order chi connectivity index (χ1) is 9.85. The average molecular weight is 466 g/mol. The predicted molar refractivity (Wildman–Crippen MR) is 112 cm³/mol. The second-order valence-electron chi connectivity index (χ2n) is 9.22.